The highest BCUT2D eigenvalue weighted by Crippen LogP contribution is 2.33. The second-order valence-electron chi connectivity index (χ2n) is 4.99. The van der Waals surface area contributed by atoms with E-state index in [1.807, 2.05) is 6.07 Å². The van der Waals surface area contributed by atoms with Crippen molar-refractivity contribution in [3.63, 3.8) is 0 Å². The molecule has 0 atom stereocenters. The molecule has 0 saturated carbocycles. The van der Waals surface area contributed by atoms with Crippen LogP contribution in [0.3, 0.4) is 0 Å². The lowest BCUT2D eigenvalue weighted by Gasteiger charge is -2.04. The zero-order valence-corrected chi connectivity index (χ0v) is 11.9. The minimum atomic E-state index is 1.07. The van der Waals surface area contributed by atoms with Gasteiger partial charge in [0.15, 0.2) is 0 Å². The van der Waals surface area contributed by atoms with E-state index in [1.54, 1.807) is 11.3 Å². The van der Waals surface area contributed by atoms with Crippen molar-refractivity contribution in [2.24, 2.45) is 0 Å². The fraction of sp³-hybridized carbons (Fsp3) is 0.0556. The van der Waals surface area contributed by atoms with Crippen molar-refractivity contribution in [3.05, 3.63) is 66.2 Å². The van der Waals surface area contributed by atoms with E-state index in [9.17, 15) is 0 Å². The summed E-state index contributed by atoms with van der Waals surface area (Å²) >= 11 is 1.81. The Morgan fingerprint density at radius 3 is 2.60 bits per heavy atom. The van der Waals surface area contributed by atoms with E-state index in [0.29, 0.717) is 0 Å². The fourth-order valence-electron chi connectivity index (χ4n) is 2.58. The molecule has 0 aliphatic rings. The maximum absolute atomic E-state index is 4.81. The molecule has 2 aromatic heterocycles. The van der Waals surface area contributed by atoms with E-state index in [0.717, 1.165) is 11.2 Å². The molecule has 0 aliphatic heterocycles. The summed E-state index contributed by atoms with van der Waals surface area (Å²) in [7, 11) is 0. The van der Waals surface area contributed by atoms with Crippen molar-refractivity contribution < 1.29 is 0 Å². The number of nitrogens with zero attached hydrogens (tertiary/aromatic N) is 1. The zero-order valence-electron chi connectivity index (χ0n) is 11.1. The van der Waals surface area contributed by atoms with Gasteiger partial charge in [0, 0.05) is 10.1 Å². The average Bonchev–Trinajstić information content (AvgIpc) is 2.91. The molecule has 0 spiro atoms. The van der Waals surface area contributed by atoms with E-state index < -0.39 is 0 Å². The largest absolute Gasteiger partial charge is 0.247 e. The second kappa shape index (κ2) is 4.43. The van der Waals surface area contributed by atoms with Crippen molar-refractivity contribution in [2.75, 3.05) is 0 Å². The number of rotatable bonds is 1. The van der Waals surface area contributed by atoms with Crippen LogP contribution >= 0.6 is 11.3 Å². The van der Waals surface area contributed by atoms with Gasteiger partial charge in [-0.3, -0.25) is 0 Å². The number of hydrogen-bond donors (Lipinski definition) is 0. The molecule has 0 unspecified atom stereocenters. The Hall–Kier alpha value is -2.19. The lowest BCUT2D eigenvalue weighted by Crippen LogP contribution is -1.86. The Labute approximate surface area is 121 Å². The molecule has 20 heavy (non-hydrogen) atoms. The van der Waals surface area contributed by atoms with Gasteiger partial charge in [0.1, 0.15) is 0 Å². The van der Waals surface area contributed by atoms with Crippen molar-refractivity contribution in [1.82, 2.24) is 4.98 Å². The molecule has 4 aromatic rings. The topological polar surface area (TPSA) is 12.9 Å². The number of aryl methyl sites for hydroxylation is 1. The van der Waals surface area contributed by atoms with Crippen LogP contribution in [0.5, 0.6) is 0 Å². The number of benzene rings is 2. The van der Waals surface area contributed by atoms with Gasteiger partial charge in [-0.05, 0) is 42.1 Å². The Morgan fingerprint density at radius 1 is 0.900 bits per heavy atom. The van der Waals surface area contributed by atoms with E-state index in [2.05, 4.69) is 61.5 Å². The summed E-state index contributed by atoms with van der Waals surface area (Å²) in [6.07, 6.45) is 0. The fourth-order valence-corrected chi connectivity index (χ4v) is 3.61. The first-order chi connectivity index (χ1) is 9.81. The molecular formula is C18H13NS. The highest BCUT2D eigenvalue weighted by atomic mass is 32.1. The second-order valence-corrected chi connectivity index (χ2v) is 6.07. The first-order valence-electron chi connectivity index (χ1n) is 6.66. The van der Waals surface area contributed by atoms with Gasteiger partial charge >= 0.3 is 0 Å². The number of thiophene rings is 1. The zero-order chi connectivity index (χ0) is 13.5. The Bertz CT molecular complexity index is 888. The molecule has 2 heteroatoms. The van der Waals surface area contributed by atoms with E-state index in [4.69, 9.17) is 4.98 Å². The molecule has 0 aliphatic carbocycles. The Balaban J connectivity index is 1.97. The maximum atomic E-state index is 4.81. The molecule has 2 heterocycles. The van der Waals surface area contributed by atoms with E-state index in [-0.39, 0.29) is 0 Å². The monoisotopic (exact) mass is 275 g/mol. The molecule has 0 radical (unpaired) electrons. The van der Waals surface area contributed by atoms with Crippen LogP contribution in [0.2, 0.25) is 0 Å². The van der Waals surface area contributed by atoms with Crippen LogP contribution < -0.4 is 0 Å². The third-order valence-electron chi connectivity index (χ3n) is 3.60. The molecule has 0 amide bonds. The van der Waals surface area contributed by atoms with Crippen LogP contribution in [-0.2, 0) is 0 Å². The van der Waals surface area contributed by atoms with Gasteiger partial charge in [0.05, 0.1) is 16.1 Å². The first-order valence-corrected chi connectivity index (χ1v) is 7.48. The molecule has 4 rings (SSSR count). The SMILES string of the molecule is Cc1cc(-c2cc3ccccc3s2)nc2ccccc12. The number of fused-ring (bicyclic) bond motifs is 2. The van der Waals surface area contributed by atoms with Gasteiger partial charge in [-0.25, -0.2) is 4.98 Å². The average molecular weight is 275 g/mol. The van der Waals surface area contributed by atoms with Crippen molar-refractivity contribution in [2.45, 2.75) is 6.92 Å². The van der Waals surface area contributed by atoms with Crippen LogP contribution in [0, 0.1) is 6.92 Å². The maximum Gasteiger partial charge on any atom is 0.0812 e. The van der Waals surface area contributed by atoms with Crippen molar-refractivity contribution in [3.8, 4) is 10.6 Å². The quantitative estimate of drug-likeness (QED) is 0.451. The number of pyridine rings is 1. The van der Waals surface area contributed by atoms with Crippen LogP contribution in [0.4, 0.5) is 0 Å². The summed E-state index contributed by atoms with van der Waals surface area (Å²) in [6, 6.07) is 21.2. The van der Waals surface area contributed by atoms with Crippen molar-refractivity contribution >= 4 is 32.3 Å². The predicted molar refractivity (Wildman–Crippen MR) is 87.3 cm³/mol. The van der Waals surface area contributed by atoms with Crippen molar-refractivity contribution in [1.29, 1.82) is 0 Å². The van der Waals surface area contributed by atoms with Gasteiger partial charge in [0.2, 0.25) is 0 Å². The smallest absolute Gasteiger partial charge is 0.0812 e. The van der Waals surface area contributed by atoms with Gasteiger partial charge in [0.25, 0.3) is 0 Å². The minimum Gasteiger partial charge on any atom is -0.247 e. The van der Waals surface area contributed by atoms with Gasteiger partial charge in [-0.1, -0.05) is 36.4 Å². The summed E-state index contributed by atoms with van der Waals surface area (Å²) in [5, 5.41) is 2.53. The third-order valence-corrected chi connectivity index (χ3v) is 4.74. The minimum absolute atomic E-state index is 1.07. The summed E-state index contributed by atoms with van der Waals surface area (Å²) in [5.74, 6) is 0. The normalized spacial score (nSPS) is 11.2. The van der Waals surface area contributed by atoms with Crippen LogP contribution in [0.25, 0.3) is 31.6 Å². The molecule has 0 bridgehead atoms. The lowest BCUT2D eigenvalue weighted by molar-refractivity contribution is 1.38. The number of para-hydroxylation sites is 1. The van der Waals surface area contributed by atoms with E-state index >= 15 is 0 Å². The highest BCUT2D eigenvalue weighted by molar-refractivity contribution is 7.22. The molecule has 96 valence electrons. The standard InChI is InChI=1S/C18H13NS/c1-12-10-16(19-15-8-4-3-7-14(12)15)18-11-13-6-2-5-9-17(13)20-18/h2-11H,1H3. The Kier molecular flexibility index (Phi) is 2.57. The highest BCUT2D eigenvalue weighted by Gasteiger charge is 2.08. The third kappa shape index (κ3) is 1.81. The molecule has 0 saturated heterocycles. The molecule has 2 aromatic carbocycles. The lowest BCUT2D eigenvalue weighted by atomic mass is 10.1. The molecule has 1 nitrogen and oxygen atoms in total. The molecular weight excluding hydrogens is 262 g/mol. The molecule has 0 fully saturated rings. The predicted octanol–water partition coefficient (Wildman–Crippen LogP) is 5.42. The summed E-state index contributed by atoms with van der Waals surface area (Å²) in [4.78, 5) is 6.05. The van der Waals surface area contributed by atoms with E-state index in [1.165, 1.54) is 25.9 Å². The summed E-state index contributed by atoms with van der Waals surface area (Å²) < 4.78 is 1.31. The Morgan fingerprint density at radius 2 is 1.70 bits per heavy atom. The summed E-state index contributed by atoms with van der Waals surface area (Å²) in [6.45, 7) is 2.15. The van der Waals surface area contributed by atoms with Crippen LogP contribution in [-0.4, -0.2) is 4.98 Å². The van der Waals surface area contributed by atoms with Gasteiger partial charge in [-0.15, -0.1) is 11.3 Å². The molecule has 0 N–H and O–H groups in total. The number of hydrogen-bond acceptors (Lipinski definition) is 2. The van der Waals surface area contributed by atoms with Gasteiger partial charge in [-0.2, -0.15) is 0 Å². The number of aromatic nitrogens is 1. The van der Waals surface area contributed by atoms with Gasteiger partial charge < -0.3 is 0 Å². The first kappa shape index (κ1) is 11.6. The summed E-state index contributed by atoms with van der Waals surface area (Å²) in [5.41, 5.74) is 3.42. The van der Waals surface area contributed by atoms with Crippen LogP contribution in [0.15, 0.2) is 60.7 Å². The van der Waals surface area contributed by atoms with Crippen LogP contribution in [0.1, 0.15) is 5.56 Å².